The van der Waals surface area contributed by atoms with Crippen LogP contribution < -0.4 is 5.73 Å². The van der Waals surface area contributed by atoms with Crippen molar-refractivity contribution in [1.82, 2.24) is 5.01 Å². The van der Waals surface area contributed by atoms with Gasteiger partial charge in [-0.15, -0.1) is 0 Å². The van der Waals surface area contributed by atoms with Gasteiger partial charge in [-0.05, 0) is 18.1 Å². The van der Waals surface area contributed by atoms with Gasteiger partial charge in [0.15, 0.2) is 0 Å². The van der Waals surface area contributed by atoms with E-state index in [9.17, 15) is 0 Å². The second kappa shape index (κ2) is 3.70. The lowest BCUT2D eigenvalue weighted by molar-refractivity contribution is 0.309. The summed E-state index contributed by atoms with van der Waals surface area (Å²) in [5.74, 6) is 0.749. The quantitative estimate of drug-likeness (QED) is 0.765. The normalized spacial score (nSPS) is 15.8. The Labute approximate surface area is 84.2 Å². The Morgan fingerprint density at radius 2 is 2.21 bits per heavy atom. The maximum absolute atomic E-state index is 5.63. The van der Waals surface area contributed by atoms with Crippen LogP contribution in [0.5, 0.6) is 0 Å². The first-order valence-electron chi connectivity index (χ1n) is 4.88. The molecule has 0 saturated carbocycles. The summed E-state index contributed by atoms with van der Waals surface area (Å²) in [4.78, 5) is 0. The topological polar surface area (TPSA) is 41.6 Å². The first kappa shape index (κ1) is 9.06. The van der Waals surface area contributed by atoms with Crippen molar-refractivity contribution in [1.29, 1.82) is 0 Å². The van der Waals surface area contributed by atoms with E-state index in [0.717, 1.165) is 25.3 Å². The number of hydrazone groups is 1. The zero-order valence-corrected chi connectivity index (χ0v) is 8.40. The van der Waals surface area contributed by atoms with Crippen molar-refractivity contribution in [2.24, 2.45) is 10.8 Å². The monoisotopic (exact) mass is 189 g/mol. The summed E-state index contributed by atoms with van der Waals surface area (Å²) in [6.45, 7) is 3.94. The fraction of sp³-hybridized carbons (Fsp3) is 0.364. The third kappa shape index (κ3) is 1.87. The minimum absolute atomic E-state index is 0.749. The highest BCUT2D eigenvalue weighted by atomic mass is 15.5. The van der Waals surface area contributed by atoms with Crippen LogP contribution in [-0.4, -0.2) is 17.4 Å². The molecule has 2 N–H and O–H groups in total. The Morgan fingerprint density at radius 3 is 2.86 bits per heavy atom. The van der Waals surface area contributed by atoms with Gasteiger partial charge in [0, 0.05) is 13.0 Å². The molecule has 0 saturated heterocycles. The molecule has 0 aromatic heterocycles. The molecule has 1 aromatic carbocycles. The van der Waals surface area contributed by atoms with E-state index in [-0.39, 0.29) is 0 Å². The Bertz CT molecular complexity index is 357. The SMILES string of the molecule is Cc1ccccc1CN1CCC(N)=N1. The molecule has 1 aliphatic rings. The van der Waals surface area contributed by atoms with Crippen LogP contribution in [0.25, 0.3) is 0 Å². The van der Waals surface area contributed by atoms with Gasteiger partial charge in [-0.1, -0.05) is 24.3 Å². The highest BCUT2D eigenvalue weighted by Crippen LogP contribution is 2.13. The smallest absolute Gasteiger partial charge is 0.121 e. The lowest BCUT2D eigenvalue weighted by Gasteiger charge is -2.14. The van der Waals surface area contributed by atoms with Crippen LogP contribution in [0, 0.1) is 6.92 Å². The van der Waals surface area contributed by atoms with Crippen molar-refractivity contribution in [2.45, 2.75) is 19.9 Å². The third-order valence-corrected chi connectivity index (χ3v) is 2.51. The van der Waals surface area contributed by atoms with Gasteiger partial charge in [0.25, 0.3) is 0 Å². The molecule has 3 nitrogen and oxygen atoms in total. The van der Waals surface area contributed by atoms with Gasteiger partial charge >= 0.3 is 0 Å². The average molecular weight is 189 g/mol. The third-order valence-electron chi connectivity index (χ3n) is 2.51. The van der Waals surface area contributed by atoms with Gasteiger partial charge in [-0.25, -0.2) is 0 Å². The molecule has 0 bridgehead atoms. The molecule has 0 amide bonds. The van der Waals surface area contributed by atoms with Gasteiger partial charge in [0.05, 0.1) is 6.54 Å². The number of hydrogen-bond acceptors (Lipinski definition) is 3. The number of amidine groups is 1. The molecule has 74 valence electrons. The summed E-state index contributed by atoms with van der Waals surface area (Å²) in [6, 6.07) is 8.38. The first-order chi connectivity index (χ1) is 6.75. The number of nitrogens with zero attached hydrogens (tertiary/aromatic N) is 2. The van der Waals surface area contributed by atoms with Crippen LogP contribution >= 0.6 is 0 Å². The lowest BCUT2D eigenvalue weighted by atomic mass is 10.1. The summed E-state index contributed by atoms with van der Waals surface area (Å²) < 4.78 is 0. The van der Waals surface area contributed by atoms with Crippen LogP contribution in [0.3, 0.4) is 0 Å². The largest absolute Gasteiger partial charge is 0.386 e. The molecule has 2 rings (SSSR count). The minimum atomic E-state index is 0.749. The van der Waals surface area contributed by atoms with Crippen molar-refractivity contribution < 1.29 is 0 Å². The Balaban J connectivity index is 2.08. The summed E-state index contributed by atoms with van der Waals surface area (Å²) in [5, 5.41) is 6.28. The van der Waals surface area contributed by atoms with E-state index in [1.807, 2.05) is 5.01 Å². The summed E-state index contributed by atoms with van der Waals surface area (Å²) in [7, 11) is 0. The molecule has 0 aliphatic carbocycles. The molecule has 0 fully saturated rings. The summed E-state index contributed by atoms with van der Waals surface area (Å²) in [5.41, 5.74) is 8.26. The Kier molecular flexibility index (Phi) is 2.39. The van der Waals surface area contributed by atoms with E-state index in [4.69, 9.17) is 5.73 Å². The van der Waals surface area contributed by atoms with Crippen LogP contribution in [0.15, 0.2) is 29.4 Å². The van der Waals surface area contributed by atoms with Crippen molar-refractivity contribution in [3.05, 3.63) is 35.4 Å². The van der Waals surface area contributed by atoms with Gasteiger partial charge in [0.1, 0.15) is 5.84 Å². The molecule has 0 atom stereocenters. The number of nitrogens with two attached hydrogens (primary N) is 1. The Morgan fingerprint density at radius 1 is 1.43 bits per heavy atom. The van der Waals surface area contributed by atoms with Gasteiger partial charge in [0.2, 0.25) is 0 Å². The minimum Gasteiger partial charge on any atom is -0.386 e. The second-order valence-electron chi connectivity index (χ2n) is 3.66. The fourth-order valence-corrected chi connectivity index (χ4v) is 1.62. The molecular weight excluding hydrogens is 174 g/mol. The molecule has 0 spiro atoms. The van der Waals surface area contributed by atoms with Crippen molar-refractivity contribution >= 4 is 5.84 Å². The lowest BCUT2D eigenvalue weighted by Crippen LogP contribution is -2.13. The number of benzene rings is 1. The summed E-state index contributed by atoms with van der Waals surface area (Å²) >= 11 is 0. The maximum atomic E-state index is 5.63. The highest BCUT2D eigenvalue weighted by Gasteiger charge is 2.12. The van der Waals surface area contributed by atoms with Crippen LogP contribution in [-0.2, 0) is 6.54 Å². The first-order valence-corrected chi connectivity index (χ1v) is 4.88. The Hall–Kier alpha value is -1.51. The molecule has 0 radical (unpaired) electrons. The maximum Gasteiger partial charge on any atom is 0.121 e. The zero-order chi connectivity index (χ0) is 9.97. The van der Waals surface area contributed by atoms with Crippen LogP contribution in [0.4, 0.5) is 0 Å². The molecular formula is C11H15N3. The zero-order valence-electron chi connectivity index (χ0n) is 8.40. The highest BCUT2D eigenvalue weighted by molar-refractivity contribution is 5.81. The van der Waals surface area contributed by atoms with Crippen LogP contribution in [0.2, 0.25) is 0 Å². The van der Waals surface area contributed by atoms with E-state index in [2.05, 4.69) is 36.3 Å². The molecule has 3 heteroatoms. The van der Waals surface area contributed by atoms with Crippen molar-refractivity contribution in [2.75, 3.05) is 6.54 Å². The molecule has 0 unspecified atom stereocenters. The number of rotatable bonds is 2. The molecule has 1 aliphatic heterocycles. The predicted molar refractivity (Wildman–Crippen MR) is 57.8 cm³/mol. The number of hydrogen-bond donors (Lipinski definition) is 1. The van der Waals surface area contributed by atoms with E-state index in [0.29, 0.717) is 0 Å². The van der Waals surface area contributed by atoms with Gasteiger partial charge in [-0.3, -0.25) is 5.01 Å². The fourth-order valence-electron chi connectivity index (χ4n) is 1.62. The second-order valence-corrected chi connectivity index (χ2v) is 3.66. The standard InChI is InChI=1S/C11H15N3/c1-9-4-2-3-5-10(9)8-14-7-6-11(12)13-14/h2-5H,6-8H2,1H3,(H2,12,13). The molecule has 1 aromatic rings. The average Bonchev–Trinajstić information content (AvgIpc) is 2.56. The molecule has 1 heterocycles. The van der Waals surface area contributed by atoms with Gasteiger partial charge in [-0.2, -0.15) is 5.10 Å². The van der Waals surface area contributed by atoms with Crippen molar-refractivity contribution in [3.63, 3.8) is 0 Å². The molecule has 14 heavy (non-hydrogen) atoms. The number of aryl methyl sites for hydroxylation is 1. The van der Waals surface area contributed by atoms with Crippen LogP contribution in [0.1, 0.15) is 17.5 Å². The van der Waals surface area contributed by atoms with E-state index < -0.39 is 0 Å². The van der Waals surface area contributed by atoms with E-state index in [1.54, 1.807) is 0 Å². The summed E-state index contributed by atoms with van der Waals surface area (Å²) in [6.07, 6.45) is 0.895. The van der Waals surface area contributed by atoms with E-state index >= 15 is 0 Å². The van der Waals surface area contributed by atoms with E-state index in [1.165, 1.54) is 11.1 Å². The predicted octanol–water partition coefficient (Wildman–Crippen LogP) is 1.47. The van der Waals surface area contributed by atoms with Gasteiger partial charge < -0.3 is 5.73 Å². The van der Waals surface area contributed by atoms with Crippen molar-refractivity contribution in [3.8, 4) is 0 Å².